The Morgan fingerprint density at radius 1 is 1.25 bits per heavy atom. The van der Waals surface area contributed by atoms with Crippen molar-refractivity contribution in [2.75, 3.05) is 40.0 Å². The van der Waals surface area contributed by atoms with E-state index in [2.05, 4.69) is 30.3 Å². The van der Waals surface area contributed by atoms with Crippen molar-refractivity contribution in [1.82, 2.24) is 4.90 Å². The number of nitrogens with two attached hydrogens (primary N) is 1. The molecule has 1 aliphatic heterocycles. The number of ether oxygens (including phenoxy) is 3. The molecule has 2 aromatic rings. The molecule has 0 saturated carbocycles. The molecule has 1 fully saturated rings. The second-order valence-electron chi connectivity index (χ2n) is 7.20. The molecule has 0 atom stereocenters. The summed E-state index contributed by atoms with van der Waals surface area (Å²) in [6.07, 6.45) is 1.54. The third-order valence-electron chi connectivity index (χ3n) is 5.27. The molecule has 6 heteroatoms. The number of carbonyl (C=O) groups is 1. The maximum Gasteiger partial charge on any atom is 0.231 e. The van der Waals surface area contributed by atoms with E-state index in [-0.39, 0.29) is 18.1 Å². The molecule has 0 bridgehead atoms. The Bertz CT molecular complexity index is 787. The highest BCUT2D eigenvalue weighted by molar-refractivity contribution is 5.87. The van der Waals surface area contributed by atoms with Gasteiger partial charge >= 0.3 is 0 Å². The van der Waals surface area contributed by atoms with Crippen molar-refractivity contribution < 1.29 is 19.0 Å². The number of methoxy groups -OCH3 is 1. The number of nitrogens with zero attached hydrogens (tertiary/aromatic N) is 1. The van der Waals surface area contributed by atoms with Crippen molar-refractivity contribution in [3.05, 3.63) is 42.0 Å². The van der Waals surface area contributed by atoms with Crippen LogP contribution >= 0.6 is 0 Å². The highest BCUT2D eigenvalue weighted by atomic mass is 16.7. The molecule has 0 spiro atoms. The van der Waals surface area contributed by atoms with E-state index in [1.54, 1.807) is 7.11 Å². The normalized spacial score (nSPS) is 19.8. The maximum absolute atomic E-state index is 11.1. The number of hydrogen-bond acceptors (Lipinski definition) is 5. The summed E-state index contributed by atoms with van der Waals surface area (Å²) in [7, 11) is 1.68. The summed E-state index contributed by atoms with van der Waals surface area (Å²) in [5, 5.41) is 2.37. The summed E-state index contributed by atoms with van der Waals surface area (Å²) in [6.45, 7) is 5.25. The first-order valence-electron chi connectivity index (χ1n) is 9.91. The highest BCUT2D eigenvalue weighted by Gasteiger charge is 2.24. The van der Waals surface area contributed by atoms with Crippen molar-refractivity contribution in [2.45, 2.75) is 32.0 Å². The molecule has 0 unspecified atom stereocenters. The number of primary amides is 1. The average Bonchev–Trinajstić information content (AvgIpc) is 2.72. The number of amides is 1. The average molecular weight is 386 g/mol. The second-order valence-corrected chi connectivity index (χ2v) is 7.20. The number of hydrogen-bond donors (Lipinski definition) is 1. The van der Waals surface area contributed by atoms with Crippen LogP contribution < -0.4 is 10.5 Å². The zero-order chi connectivity index (χ0) is 19.9. The number of benzene rings is 2. The Kier molecular flexibility index (Phi) is 7.25. The summed E-state index contributed by atoms with van der Waals surface area (Å²) in [4.78, 5) is 13.1. The summed E-state index contributed by atoms with van der Waals surface area (Å²) < 4.78 is 17.3. The summed E-state index contributed by atoms with van der Waals surface area (Å²) >= 11 is 0. The van der Waals surface area contributed by atoms with Crippen molar-refractivity contribution >= 4 is 16.7 Å². The lowest BCUT2D eigenvalue weighted by Crippen LogP contribution is -2.35. The van der Waals surface area contributed by atoms with Gasteiger partial charge in [-0.05, 0) is 54.4 Å². The first-order valence-corrected chi connectivity index (χ1v) is 9.91. The smallest absolute Gasteiger partial charge is 0.231 e. The zero-order valence-corrected chi connectivity index (χ0v) is 16.7. The molecular formula is C22H30N2O4. The van der Waals surface area contributed by atoms with E-state index in [1.165, 1.54) is 10.9 Å². The van der Waals surface area contributed by atoms with Gasteiger partial charge in [0, 0.05) is 5.92 Å². The topological polar surface area (TPSA) is 74.0 Å². The summed E-state index contributed by atoms with van der Waals surface area (Å²) in [5.41, 5.74) is 6.52. The second kappa shape index (κ2) is 9.87. The molecule has 1 heterocycles. The molecule has 3 rings (SSSR count). The van der Waals surface area contributed by atoms with E-state index in [0.29, 0.717) is 19.8 Å². The van der Waals surface area contributed by atoms with Crippen LogP contribution in [0.4, 0.5) is 0 Å². The van der Waals surface area contributed by atoms with Crippen LogP contribution in [0.1, 0.15) is 31.2 Å². The van der Waals surface area contributed by atoms with Crippen LogP contribution in [0.3, 0.4) is 0 Å². The van der Waals surface area contributed by atoms with E-state index >= 15 is 0 Å². The maximum atomic E-state index is 11.1. The minimum Gasteiger partial charge on any atom is -0.497 e. The van der Waals surface area contributed by atoms with Crippen LogP contribution in [0.2, 0.25) is 0 Å². The Balaban J connectivity index is 1.53. The van der Waals surface area contributed by atoms with E-state index in [1.807, 2.05) is 17.9 Å². The fourth-order valence-electron chi connectivity index (χ4n) is 3.71. The van der Waals surface area contributed by atoms with E-state index in [4.69, 9.17) is 19.9 Å². The van der Waals surface area contributed by atoms with Gasteiger partial charge in [-0.15, -0.1) is 0 Å². The minimum absolute atomic E-state index is 0.182. The third-order valence-corrected chi connectivity index (χ3v) is 5.27. The SMILES string of the molecule is CCN(CCCC1OCC(c2cccc3cc(OC)ccc23)CO1)CC(N)=O. The number of fused-ring (bicyclic) bond motifs is 1. The fourth-order valence-corrected chi connectivity index (χ4v) is 3.71. The third kappa shape index (κ3) is 5.22. The van der Waals surface area contributed by atoms with Crippen LogP contribution in [0.15, 0.2) is 36.4 Å². The quantitative estimate of drug-likeness (QED) is 0.717. The van der Waals surface area contributed by atoms with Crippen molar-refractivity contribution in [2.24, 2.45) is 5.73 Å². The van der Waals surface area contributed by atoms with Gasteiger partial charge in [-0.2, -0.15) is 0 Å². The first kappa shape index (κ1) is 20.6. The lowest BCUT2D eigenvalue weighted by Gasteiger charge is -2.31. The number of likely N-dealkylation sites (N-methyl/N-ethyl adjacent to an activating group) is 1. The molecule has 1 aliphatic rings. The predicted octanol–water partition coefficient (Wildman–Crippen LogP) is 2.89. The molecule has 28 heavy (non-hydrogen) atoms. The molecule has 152 valence electrons. The van der Waals surface area contributed by atoms with Gasteiger partial charge in [-0.3, -0.25) is 9.69 Å². The van der Waals surface area contributed by atoms with E-state index in [9.17, 15) is 4.79 Å². The number of carbonyl (C=O) groups excluding carboxylic acids is 1. The monoisotopic (exact) mass is 386 g/mol. The van der Waals surface area contributed by atoms with Crippen molar-refractivity contribution in [3.8, 4) is 5.75 Å². The standard InChI is InChI=1S/C22H30N2O4/c1-3-24(13-21(23)25)11-5-8-22-27-14-17(15-28-22)19-7-4-6-16-12-18(26-2)9-10-20(16)19/h4,6-7,9-10,12,17,22H,3,5,8,11,13-15H2,1-2H3,(H2,23,25). The summed E-state index contributed by atoms with van der Waals surface area (Å²) in [6, 6.07) is 12.5. The zero-order valence-electron chi connectivity index (χ0n) is 16.7. The Hall–Kier alpha value is -2.15. The van der Waals surface area contributed by atoms with Crippen molar-refractivity contribution in [1.29, 1.82) is 0 Å². The van der Waals surface area contributed by atoms with Crippen LogP contribution in [0.5, 0.6) is 5.75 Å². The van der Waals surface area contributed by atoms with Crippen LogP contribution in [-0.4, -0.2) is 57.1 Å². The molecule has 0 radical (unpaired) electrons. The van der Waals surface area contributed by atoms with Crippen LogP contribution in [0.25, 0.3) is 10.8 Å². The van der Waals surface area contributed by atoms with Gasteiger partial charge < -0.3 is 19.9 Å². The lowest BCUT2D eigenvalue weighted by atomic mass is 9.94. The summed E-state index contributed by atoms with van der Waals surface area (Å²) in [5.74, 6) is 0.788. The van der Waals surface area contributed by atoms with Gasteiger partial charge in [0.1, 0.15) is 5.75 Å². The molecule has 0 aliphatic carbocycles. The molecule has 2 N–H and O–H groups in total. The fraction of sp³-hybridized carbons (Fsp3) is 0.500. The Morgan fingerprint density at radius 2 is 2.04 bits per heavy atom. The van der Waals surface area contributed by atoms with Gasteiger partial charge in [-0.1, -0.05) is 31.2 Å². The lowest BCUT2D eigenvalue weighted by molar-refractivity contribution is -0.190. The van der Waals surface area contributed by atoms with Crippen LogP contribution in [0, 0.1) is 0 Å². The van der Waals surface area contributed by atoms with Gasteiger partial charge in [0.15, 0.2) is 6.29 Å². The Morgan fingerprint density at radius 3 is 2.71 bits per heavy atom. The van der Waals surface area contributed by atoms with Gasteiger partial charge in [-0.25, -0.2) is 0 Å². The predicted molar refractivity (Wildman–Crippen MR) is 109 cm³/mol. The van der Waals surface area contributed by atoms with E-state index in [0.717, 1.165) is 37.1 Å². The molecule has 0 aromatic heterocycles. The number of rotatable bonds is 9. The van der Waals surface area contributed by atoms with Gasteiger partial charge in [0.2, 0.25) is 5.91 Å². The molecule has 1 saturated heterocycles. The van der Waals surface area contributed by atoms with Gasteiger partial charge in [0.25, 0.3) is 0 Å². The van der Waals surface area contributed by atoms with Crippen LogP contribution in [-0.2, 0) is 14.3 Å². The highest BCUT2D eigenvalue weighted by Crippen LogP contribution is 2.31. The first-order chi connectivity index (χ1) is 13.6. The molecule has 1 amide bonds. The molecule has 6 nitrogen and oxygen atoms in total. The Labute approximate surface area is 166 Å². The van der Waals surface area contributed by atoms with Crippen molar-refractivity contribution in [3.63, 3.8) is 0 Å². The van der Waals surface area contributed by atoms with E-state index < -0.39 is 0 Å². The largest absolute Gasteiger partial charge is 0.497 e. The molecular weight excluding hydrogens is 356 g/mol. The molecule has 2 aromatic carbocycles. The van der Waals surface area contributed by atoms with Gasteiger partial charge in [0.05, 0.1) is 26.9 Å². The minimum atomic E-state index is -0.289.